The third-order valence-corrected chi connectivity index (χ3v) is 7.00. The first kappa shape index (κ1) is 26.5. The predicted octanol–water partition coefficient (Wildman–Crippen LogP) is 4.32. The standard InChI is InChI=1S/C25H20Cl2N8O3S/c1-38-21-8-4-5-15(24(21)37)12-28-31-23(36)14-39-25-32-30-22(35(25)19-10-9-16(26)11-17(19)27)13-34-20-7-3-2-6-18(20)29-33-34/h2-12,37H,13-14H2,1H3,(H,31,36). The number of phenols is 1. The second kappa shape index (κ2) is 11.7. The maximum atomic E-state index is 12.5. The molecule has 11 nitrogen and oxygen atoms in total. The smallest absolute Gasteiger partial charge is 0.250 e. The van der Waals surface area contributed by atoms with E-state index < -0.39 is 0 Å². The molecule has 5 aromatic rings. The van der Waals surface area contributed by atoms with Crippen molar-refractivity contribution in [2.75, 3.05) is 12.9 Å². The van der Waals surface area contributed by atoms with Gasteiger partial charge in [-0.05, 0) is 42.5 Å². The number of aromatic hydroxyl groups is 1. The summed E-state index contributed by atoms with van der Waals surface area (Å²) >= 11 is 13.8. The number of fused-ring (bicyclic) bond motifs is 1. The molecular weight excluding hydrogens is 563 g/mol. The van der Waals surface area contributed by atoms with Gasteiger partial charge < -0.3 is 9.84 Å². The number of hydrogen-bond donors (Lipinski definition) is 2. The zero-order valence-corrected chi connectivity index (χ0v) is 22.7. The van der Waals surface area contributed by atoms with E-state index >= 15 is 0 Å². The number of phenolic OH excluding ortho intramolecular Hbond substituents is 1. The summed E-state index contributed by atoms with van der Waals surface area (Å²) in [6.07, 6.45) is 1.33. The van der Waals surface area contributed by atoms with Crippen LogP contribution in [-0.2, 0) is 11.3 Å². The zero-order chi connectivity index (χ0) is 27.4. The minimum absolute atomic E-state index is 0.0168. The Morgan fingerprint density at radius 2 is 1.97 bits per heavy atom. The van der Waals surface area contributed by atoms with Crippen molar-refractivity contribution in [3.8, 4) is 17.2 Å². The van der Waals surface area contributed by atoms with Crippen molar-refractivity contribution in [2.24, 2.45) is 5.10 Å². The topological polar surface area (TPSA) is 132 Å². The Morgan fingerprint density at radius 1 is 1.13 bits per heavy atom. The molecule has 0 aliphatic rings. The number of hydrazone groups is 1. The van der Waals surface area contributed by atoms with E-state index in [2.05, 4.69) is 31.0 Å². The molecule has 0 fully saturated rings. The molecule has 0 aliphatic heterocycles. The zero-order valence-electron chi connectivity index (χ0n) is 20.3. The number of nitrogens with zero attached hydrogens (tertiary/aromatic N) is 7. The summed E-state index contributed by atoms with van der Waals surface area (Å²) in [6.45, 7) is 0.257. The molecular formula is C25H20Cl2N8O3S. The number of thioether (sulfide) groups is 1. The average molecular weight is 583 g/mol. The molecule has 0 radical (unpaired) electrons. The number of ether oxygens (including phenoxy) is 1. The number of nitrogens with one attached hydrogen (secondary N) is 1. The first-order valence-corrected chi connectivity index (χ1v) is 13.2. The molecule has 0 saturated carbocycles. The molecule has 3 aromatic carbocycles. The van der Waals surface area contributed by atoms with Crippen LogP contribution < -0.4 is 10.2 Å². The lowest BCUT2D eigenvalue weighted by molar-refractivity contribution is -0.118. The normalized spacial score (nSPS) is 11.4. The molecule has 0 bridgehead atoms. The van der Waals surface area contributed by atoms with Crippen LogP contribution in [0.2, 0.25) is 10.0 Å². The van der Waals surface area contributed by atoms with Crippen molar-refractivity contribution in [3.63, 3.8) is 0 Å². The molecule has 2 heterocycles. The second-order valence-electron chi connectivity index (χ2n) is 8.05. The van der Waals surface area contributed by atoms with E-state index in [0.717, 1.165) is 22.8 Å². The average Bonchev–Trinajstić information content (AvgIpc) is 3.53. The number of benzene rings is 3. The van der Waals surface area contributed by atoms with Crippen molar-refractivity contribution in [1.29, 1.82) is 0 Å². The molecule has 1 amide bonds. The summed E-state index contributed by atoms with van der Waals surface area (Å²) in [7, 11) is 1.45. The maximum absolute atomic E-state index is 12.5. The molecule has 14 heteroatoms. The fourth-order valence-electron chi connectivity index (χ4n) is 3.71. The van der Waals surface area contributed by atoms with Gasteiger partial charge in [-0.3, -0.25) is 9.36 Å². The van der Waals surface area contributed by atoms with E-state index in [0.29, 0.717) is 38.0 Å². The lowest BCUT2D eigenvalue weighted by Gasteiger charge is -2.12. The van der Waals surface area contributed by atoms with Gasteiger partial charge in [0.1, 0.15) is 12.1 Å². The molecule has 5 rings (SSSR count). The van der Waals surface area contributed by atoms with E-state index in [4.69, 9.17) is 27.9 Å². The summed E-state index contributed by atoms with van der Waals surface area (Å²) in [5.41, 5.74) is 5.02. The van der Waals surface area contributed by atoms with Gasteiger partial charge in [-0.25, -0.2) is 10.1 Å². The van der Waals surface area contributed by atoms with Crippen LogP contribution in [0.5, 0.6) is 11.5 Å². The van der Waals surface area contributed by atoms with E-state index in [9.17, 15) is 9.90 Å². The lowest BCUT2D eigenvalue weighted by atomic mass is 10.2. The van der Waals surface area contributed by atoms with Gasteiger partial charge in [0.2, 0.25) is 0 Å². The molecule has 2 N–H and O–H groups in total. The van der Waals surface area contributed by atoms with E-state index in [1.54, 1.807) is 45.6 Å². The van der Waals surface area contributed by atoms with E-state index in [1.807, 2.05) is 24.3 Å². The van der Waals surface area contributed by atoms with Gasteiger partial charge in [0.05, 0.1) is 35.3 Å². The summed E-state index contributed by atoms with van der Waals surface area (Å²) < 4.78 is 8.54. The number of para-hydroxylation sites is 2. The SMILES string of the molecule is COc1cccc(C=NNC(=O)CSc2nnc(Cn3nnc4ccccc43)n2-c2ccc(Cl)cc2Cl)c1O. The Labute approximate surface area is 236 Å². The Kier molecular flexibility index (Phi) is 7.96. The van der Waals surface area contributed by atoms with Gasteiger partial charge in [0, 0.05) is 10.6 Å². The summed E-state index contributed by atoms with van der Waals surface area (Å²) in [6, 6.07) is 17.6. The maximum Gasteiger partial charge on any atom is 0.250 e. The summed E-state index contributed by atoms with van der Waals surface area (Å²) in [5.74, 6) is 0.351. The van der Waals surface area contributed by atoms with Crippen molar-refractivity contribution in [3.05, 3.63) is 82.1 Å². The molecule has 0 unspecified atom stereocenters. The first-order valence-electron chi connectivity index (χ1n) is 11.4. The van der Waals surface area contributed by atoms with Crippen LogP contribution in [0.3, 0.4) is 0 Å². The Bertz CT molecular complexity index is 1690. The lowest BCUT2D eigenvalue weighted by Crippen LogP contribution is -2.20. The first-order chi connectivity index (χ1) is 18.9. The van der Waals surface area contributed by atoms with Crippen molar-refractivity contribution in [2.45, 2.75) is 11.7 Å². The Morgan fingerprint density at radius 3 is 2.79 bits per heavy atom. The molecule has 39 heavy (non-hydrogen) atoms. The van der Waals surface area contributed by atoms with Gasteiger partial charge in [-0.2, -0.15) is 5.10 Å². The number of hydrogen-bond acceptors (Lipinski definition) is 9. The quantitative estimate of drug-likeness (QED) is 0.149. The highest BCUT2D eigenvalue weighted by molar-refractivity contribution is 7.99. The van der Waals surface area contributed by atoms with Gasteiger partial charge in [-0.1, -0.05) is 58.4 Å². The Hall–Kier alpha value is -4.13. The minimum Gasteiger partial charge on any atom is -0.504 e. The number of amides is 1. The van der Waals surface area contributed by atoms with Gasteiger partial charge in [0.25, 0.3) is 5.91 Å². The second-order valence-corrected chi connectivity index (χ2v) is 9.83. The van der Waals surface area contributed by atoms with Crippen LogP contribution in [0.1, 0.15) is 11.4 Å². The minimum atomic E-state index is -0.390. The molecule has 0 atom stereocenters. The predicted molar refractivity (Wildman–Crippen MR) is 149 cm³/mol. The summed E-state index contributed by atoms with van der Waals surface area (Å²) in [5, 5.41) is 32.5. The monoisotopic (exact) mass is 582 g/mol. The van der Waals surface area contributed by atoms with Gasteiger partial charge >= 0.3 is 0 Å². The third-order valence-electron chi connectivity index (χ3n) is 5.54. The van der Waals surface area contributed by atoms with Crippen LogP contribution in [0.4, 0.5) is 0 Å². The van der Waals surface area contributed by atoms with Gasteiger partial charge in [-0.15, -0.1) is 15.3 Å². The molecule has 0 aliphatic carbocycles. The van der Waals surface area contributed by atoms with E-state index in [1.165, 1.54) is 13.3 Å². The van der Waals surface area contributed by atoms with E-state index in [-0.39, 0.29) is 24.0 Å². The third kappa shape index (κ3) is 5.82. The number of carbonyl (C=O) groups is 1. The van der Waals surface area contributed by atoms with Crippen LogP contribution in [-0.4, -0.2) is 59.8 Å². The molecule has 0 saturated heterocycles. The fraction of sp³-hybridized carbons (Fsp3) is 0.120. The van der Waals surface area contributed by atoms with Crippen LogP contribution in [0.15, 0.2) is 70.9 Å². The van der Waals surface area contributed by atoms with Crippen LogP contribution in [0.25, 0.3) is 16.7 Å². The number of halogens is 2. The number of carbonyl (C=O) groups excluding carboxylic acids is 1. The van der Waals surface area contributed by atoms with Gasteiger partial charge in [0.15, 0.2) is 22.5 Å². The van der Waals surface area contributed by atoms with Crippen LogP contribution >= 0.6 is 35.0 Å². The highest BCUT2D eigenvalue weighted by Crippen LogP contribution is 2.30. The summed E-state index contributed by atoms with van der Waals surface area (Å²) in [4.78, 5) is 12.5. The highest BCUT2D eigenvalue weighted by Gasteiger charge is 2.19. The van der Waals surface area contributed by atoms with Crippen molar-refractivity contribution < 1.29 is 14.6 Å². The Balaban J connectivity index is 1.36. The molecule has 198 valence electrons. The largest absolute Gasteiger partial charge is 0.504 e. The number of aromatic nitrogens is 6. The molecule has 2 aromatic heterocycles. The van der Waals surface area contributed by atoms with Crippen molar-refractivity contribution in [1.82, 2.24) is 35.2 Å². The van der Waals surface area contributed by atoms with Crippen LogP contribution in [0, 0.1) is 0 Å². The van der Waals surface area contributed by atoms with Crippen molar-refractivity contribution >= 4 is 58.1 Å². The molecule has 0 spiro atoms. The fourth-order valence-corrected chi connectivity index (χ4v) is 4.96. The number of rotatable bonds is 9. The highest BCUT2D eigenvalue weighted by atomic mass is 35.5. The number of methoxy groups -OCH3 is 1.